The number of carbonyl (C=O) groups is 1. The number of halogens is 2. The zero-order chi connectivity index (χ0) is 17.0. The van der Waals surface area contributed by atoms with Gasteiger partial charge in [-0.15, -0.1) is 0 Å². The van der Waals surface area contributed by atoms with Crippen LogP contribution in [0.3, 0.4) is 0 Å². The zero-order valence-electron chi connectivity index (χ0n) is 13.3. The van der Waals surface area contributed by atoms with Crippen molar-refractivity contribution in [3.63, 3.8) is 0 Å². The first-order valence-electron chi connectivity index (χ1n) is 7.35. The molecule has 0 saturated carbocycles. The fourth-order valence-electron chi connectivity index (χ4n) is 2.05. The molecule has 0 aliphatic carbocycles. The Morgan fingerprint density at radius 3 is 2.65 bits per heavy atom. The molecule has 0 atom stereocenters. The second-order valence-corrected chi connectivity index (χ2v) is 6.05. The third-order valence-corrected chi connectivity index (χ3v) is 3.76. The number of amides is 1. The van der Waals surface area contributed by atoms with Gasteiger partial charge < -0.3 is 10.1 Å². The Morgan fingerprint density at radius 1 is 1.26 bits per heavy atom. The van der Waals surface area contributed by atoms with Gasteiger partial charge in [0.1, 0.15) is 11.6 Å². The van der Waals surface area contributed by atoms with E-state index in [-0.39, 0.29) is 17.5 Å². The van der Waals surface area contributed by atoms with E-state index in [9.17, 15) is 9.18 Å². The zero-order valence-corrected chi connectivity index (χ0v) is 14.1. The molecule has 2 aromatic rings. The van der Waals surface area contributed by atoms with Crippen LogP contribution < -0.4 is 10.1 Å². The van der Waals surface area contributed by atoms with E-state index in [1.165, 1.54) is 12.1 Å². The van der Waals surface area contributed by atoms with Gasteiger partial charge in [-0.25, -0.2) is 4.39 Å². The van der Waals surface area contributed by atoms with Crippen LogP contribution >= 0.6 is 11.6 Å². The molecule has 2 rings (SSSR count). The Labute approximate surface area is 140 Å². The highest BCUT2D eigenvalue weighted by molar-refractivity contribution is 6.33. The molecule has 2 aromatic carbocycles. The quantitative estimate of drug-likeness (QED) is 0.841. The van der Waals surface area contributed by atoms with E-state index in [1.807, 2.05) is 25.1 Å². The maximum absolute atomic E-state index is 13.0. The van der Waals surface area contributed by atoms with Gasteiger partial charge in [0.25, 0.3) is 5.91 Å². The SMILES string of the molecule is Cc1ccc(C(C)C)cc1OCC(=O)Nc1ccc(F)cc1Cl. The summed E-state index contributed by atoms with van der Waals surface area (Å²) >= 11 is 5.88. The summed E-state index contributed by atoms with van der Waals surface area (Å²) in [6, 6.07) is 9.76. The molecular weight excluding hydrogens is 317 g/mol. The van der Waals surface area contributed by atoms with Crippen molar-refractivity contribution in [2.24, 2.45) is 0 Å². The predicted octanol–water partition coefficient (Wildman–Crippen LogP) is 4.93. The average molecular weight is 336 g/mol. The van der Waals surface area contributed by atoms with Crippen molar-refractivity contribution >= 4 is 23.2 Å². The van der Waals surface area contributed by atoms with Crippen LogP contribution in [0.25, 0.3) is 0 Å². The minimum absolute atomic E-state index is 0.143. The molecule has 1 N–H and O–H groups in total. The summed E-state index contributed by atoms with van der Waals surface area (Å²) in [5.41, 5.74) is 2.46. The van der Waals surface area contributed by atoms with Crippen LogP contribution in [0, 0.1) is 12.7 Å². The monoisotopic (exact) mass is 335 g/mol. The smallest absolute Gasteiger partial charge is 0.262 e. The number of nitrogens with one attached hydrogen (secondary N) is 1. The van der Waals surface area contributed by atoms with Crippen LogP contribution in [0.5, 0.6) is 5.75 Å². The van der Waals surface area contributed by atoms with Crippen molar-refractivity contribution in [3.8, 4) is 5.75 Å². The van der Waals surface area contributed by atoms with E-state index >= 15 is 0 Å². The number of hydrogen-bond acceptors (Lipinski definition) is 2. The summed E-state index contributed by atoms with van der Waals surface area (Å²) in [5.74, 6) is 0.250. The number of carbonyl (C=O) groups excluding carboxylic acids is 1. The molecule has 0 fully saturated rings. The molecule has 1 amide bonds. The number of anilines is 1. The van der Waals surface area contributed by atoms with E-state index in [4.69, 9.17) is 16.3 Å². The average Bonchev–Trinajstić information content (AvgIpc) is 2.49. The molecule has 5 heteroatoms. The fourth-order valence-corrected chi connectivity index (χ4v) is 2.27. The van der Waals surface area contributed by atoms with Gasteiger partial charge in [-0.3, -0.25) is 4.79 Å². The van der Waals surface area contributed by atoms with E-state index in [2.05, 4.69) is 19.2 Å². The van der Waals surface area contributed by atoms with Gasteiger partial charge in [0.15, 0.2) is 6.61 Å². The van der Waals surface area contributed by atoms with Gasteiger partial charge in [-0.2, -0.15) is 0 Å². The Kier molecular flexibility index (Phi) is 5.61. The molecule has 0 radical (unpaired) electrons. The van der Waals surface area contributed by atoms with Gasteiger partial charge in [0, 0.05) is 0 Å². The molecule has 0 unspecified atom stereocenters. The molecule has 122 valence electrons. The molecule has 0 aliphatic rings. The van der Waals surface area contributed by atoms with E-state index in [1.54, 1.807) is 0 Å². The second-order valence-electron chi connectivity index (χ2n) is 5.64. The lowest BCUT2D eigenvalue weighted by Crippen LogP contribution is -2.20. The van der Waals surface area contributed by atoms with Crippen LogP contribution in [-0.2, 0) is 4.79 Å². The summed E-state index contributed by atoms with van der Waals surface area (Å²) < 4.78 is 18.6. The van der Waals surface area contributed by atoms with Gasteiger partial charge in [-0.1, -0.05) is 37.6 Å². The highest BCUT2D eigenvalue weighted by Gasteiger charge is 2.10. The topological polar surface area (TPSA) is 38.3 Å². The Hall–Kier alpha value is -2.07. The van der Waals surface area contributed by atoms with E-state index in [0.717, 1.165) is 17.2 Å². The van der Waals surface area contributed by atoms with E-state index < -0.39 is 5.82 Å². The molecule has 0 bridgehead atoms. The third-order valence-electron chi connectivity index (χ3n) is 3.44. The molecule has 23 heavy (non-hydrogen) atoms. The molecule has 3 nitrogen and oxygen atoms in total. The molecule has 0 aliphatic heterocycles. The van der Waals surface area contributed by atoms with Crippen molar-refractivity contribution in [2.45, 2.75) is 26.7 Å². The fraction of sp³-hybridized carbons (Fsp3) is 0.278. The van der Waals surface area contributed by atoms with Crippen LogP contribution in [-0.4, -0.2) is 12.5 Å². The molecule has 0 saturated heterocycles. The summed E-state index contributed by atoms with van der Waals surface area (Å²) in [6.45, 7) is 5.97. The Bertz CT molecular complexity index is 716. The van der Waals surface area contributed by atoms with Crippen molar-refractivity contribution in [2.75, 3.05) is 11.9 Å². The van der Waals surface area contributed by atoms with Crippen molar-refractivity contribution in [1.29, 1.82) is 0 Å². The minimum Gasteiger partial charge on any atom is -0.483 e. The van der Waals surface area contributed by atoms with Gasteiger partial charge in [0.05, 0.1) is 10.7 Å². The van der Waals surface area contributed by atoms with Crippen LogP contribution in [0.15, 0.2) is 36.4 Å². The lowest BCUT2D eigenvalue weighted by Gasteiger charge is -2.13. The number of ether oxygens (including phenoxy) is 1. The molecular formula is C18H19ClFNO2. The number of rotatable bonds is 5. The summed E-state index contributed by atoms with van der Waals surface area (Å²) in [6.07, 6.45) is 0. The van der Waals surface area contributed by atoms with Crippen LogP contribution in [0.1, 0.15) is 30.9 Å². The number of hydrogen-bond donors (Lipinski definition) is 1. The van der Waals surface area contributed by atoms with Crippen molar-refractivity contribution in [1.82, 2.24) is 0 Å². The minimum atomic E-state index is -0.453. The van der Waals surface area contributed by atoms with Crippen molar-refractivity contribution in [3.05, 3.63) is 58.4 Å². The maximum Gasteiger partial charge on any atom is 0.262 e. The second kappa shape index (κ2) is 7.47. The first-order chi connectivity index (χ1) is 10.9. The Morgan fingerprint density at radius 2 is 2.00 bits per heavy atom. The lowest BCUT2D eigenvalue weighted by atomic mass is 10.0. The first kappa shape index (κ1) is 17.3. The lowest BCUT2D eigenvalue weighted by molar-refractivity contribution is -0.118. The summed E-state index contributed by atoms with van der Waals surface area (Å²) in [5, 5.41) is 2.75. The normalized spacial score (nSPS) is 10.7. The first-order valence-corrected chi connectivity index (χ1v) is 7.73. The van der Waals surface area contributed by atoms with Crippen LogP contribution in [0.4, 0.5) is 10.1 Å². The van der Waals surface area contributed by atoms with Gasteiger partial charge in [-0.05, 0) is 48.2 Å². The third kappa shape index (κ3) is 4.70. The van der Waals surface area contributed by atoms with E-state index in [0.29, 0.717) is 17.4 Å². The maximum atomic E-state index is 13.0. The highest BCUT2D eigenvalue weighted by Crippen LogP contribution is 2.25. The summed E-state index contributed by atoms with van der Waals surface area (Å²) in [4.78, 5) is 12.0. The van der Waals surface area contributed by atoms with Gasteiger partial charge >= 0.3 is 0 Å². The summed E-state index contributed by atoms with van der Waals surface area (Å²) in [7, 11) is 0. The largest absolute Gasteiger partial charge is 0.483 e. The molecule has 0 spiro atoms. The molecule has 0 aromatic heterocycles. The molecule has 0 heterocycles. The predicted molar refractivity (Wildman–Crippen MR) is 90.8 cm³/mol. The van der Waals surface area contributed by atoms with Gasteiger partial charge in [0.2, 0.25) is 0 Å². The Balaban J connectivity index is 2.00. The standard InChI is InChI=1S/C18H19ClFNO2/c1-11(2)13-5-4-12(3)17(8-13)23-10-18(22)21-16-7-6-14(20)9-15(16)19/h4-9,11H,10H2,1-3H3,(H,21,22). The highest BCUT2D eigenvalue weighted by atomic mass is 35.5. The number of benzene rings is 2. The van der Waals surface area contributed by atoms with Crippen molar-refractivity contribution < 1.29 is 13.9 Å². The van der Waals surface area contributed by atoms with Crippen LogP contribution in [0.2, 0.25) is 5.02 Å². The number of aryl methyl sites for hydroxylation is 1.